The lowest BCUT2D eigenvalue weighted by Gasteiger charge is -2.49. The molecule has 1 saturated heterocycles. The van der Waals surface area contributed by atoms with Crippen molar-refractivity contribution in [2.24, 2.45) is 23.7 Å². The summed E-state index contributed by atoms with van der Waals surface area (Å²) in [4.78, 5) is 0. The SMILES string of the molecule is CCC/C(C)=C/C=C/[C@H](OC)[C@H](O)[C@@H](C)[C@@H](O)[C@H](C)[C@@]1(O)C[C@@H](O)[C@H](C)[C@@H](C(C)C)O1. The zero-order valence-electron chi connectivity index (χ0n) is 20.7. The van der Waals surface area contributed by atoms with Gasteiger partial charge in [0.15, 0.2) is 5.79 Å². The van der Waals surface area contributed by atoms with E-state index in [1.54, 1.807) is 19.9 Å². The maximum atomic E-state index is 11.2. The highest BCUT2D eigenvalue weighted by atomic mass is 16.6. The van der Waals surface area contributed by atoms with E-state index in [0.29, 0.717) is 0 Å². The van der Waals surface area contributed by atoms with Gasteiger partial charge in [0.05, 0.1) is 24.4 Å². The van der Waals surface area contributed by atoms with Gasteiger partial charge in [0.2, 0.25) is 0 Å². The topological polar surface area (TPSA) is 99.4 Å². The molecule has 0 aromatic rings. The largest absolute Gasteiger partial charge is 0.393 e. The molecule has 6 heteroatoms. The van der Waals surface area contributed by atoms with Crippen LogP contribution in [0.4, 0.5) is 0 Å². The summed E-state index contributed by atoms with van der Waals surface area (Å²) in [5.74, 6) is -2.98. The number of methoxy groups -OCH3 is 1. The zero-order chi connectivity index (χ0) is 23.9. The number of hydrogen-bond acceptors (Lipinski definition) is 6. The van der Waals surface area contributed by atoms with Crippen molar-refractivity contribution in [3.05, 3.63) is 23.8 Å². The van der Waals surface area contributed by atoms with Crippen molar-refractivity contribution in [2.45, 2.75) is 104 Å². The van der Waals surface area contributed by atoms with E-state index in [-0.39, 0.29) is 24.4 Å². The van der Waals surface area contributed by atoms with E-state index in [2.05, 4.69) is 13.8 Å². The first-order valence-electron chi connectivity index (χ1n) is 11.7. The maximum absolute atomic E-state index is 11.2. The van der Waals surface area contributed by atoms with Gasteiger partial charge < -0.3 is 29.9 Å². The molecule has 4 N–H and O–H groups in total. The zero-order valence-corrected chi connectivity index (χ0v) is 20.7. The molecule has 6 nitrogen and oxygen atoms in total. The Balaban J connectivity index is 2.92. The molecule has 1 aliphatic heterocycles. The van der Waals surface area contributed by atoms with Gasteiger partial charge in [0.1, 0.15) is 6.10 Å². The lowest BCUT2D eigenvalue weighted by molar-refractivity contribution is -0.328. The number of hydrogen-bond donors (Lipinski definition) is 4. The van der Waals surface area contributed by atoms with E-state index >= 15 is 0 Å². The molecular weight excluding hydrogens is 396 g/mol. The molecule has 1 fully saturated rings. The van der Waals surface area contributed by atoms with Crippen LogP contribution < -0.4 is 0 Å². The number of allylic oxidation sites excluding steroid dienone is 3. The van der Waals surface area contributed by atoms with Gasteiger partial charge in [0, 0.05) is 31.3 Å². The standard InChI is InChI=1S/C25H46O6/c1-9-11-16(4)12-10-13-21(30-8)23(28)18(6)22(27)19(7)25(29)14-20(26)17(5)24(31-25)15(2)3/h10,12-13,15,17-24,26-29H,9,11,14H2,1-8H3/b13-10+,16-12+/t17-,18-,19-,20+,21-,22+,23+,24+,25+/m0/s1. The van der Waals surface area contributed by atoms with Gasteiger partial charge in [-0.1, -0.05) is 71.8 Å². The molecule has 0 unspecified atom stereocenters. The van der Waals surface area contributed by atoms with E-state index in [4.69, 9.17) is 9.47 Å². The third-order valence-corrected chi connectivity index (χ3v) is 6.86. The van der Waals surface area contributed by atoms with E-state index in [9.17, 15) is 20.4 Å². The van der Waals surface area contributed by atoms with Gasteiger partial charge in [-0.25, -0.2) is 0 Å². The van der Waals surface area contributed by atoms with Crippen molar-refractivity contribution >= 4 is 0 Å². The molecule has 1 rings (SSSR count). The first-order chi connectivity index (χ1) is 14.4. The summed E-state index contributed by atoms with van der Waals surface area (Å²) in [5, 5.41) is 43.6. The highest BCUT2D eigenvalue weighted by molar-refractivity contribution is 5.12. The van der Waals surface area contributed by atoms with Gasteiger partial charge in [-0.3, -0.25) is 0 Å². The summed E-state index contributed by atoms with van der Waals surface area (Å²) in [5.41, 5.74) is 1.24. The predicted octanol–water partition coefficient (Wildman–Crippen LogP) is 3.43. The van der Waals surface area contributed by atoms with Crippen LogP contribution >= 0.6 is 0 Å². The Bertz CT molecular complexity index is 589. The normalized spacial score (nSPS) is 32.8. The van der Waals surface area contributed by atoms with Gasteiger partial charge in [0.25, 0.3) is 0 Å². The molecule has 0 aliphatic carbocycles. The molecule has 1 heterocycles. The monoisotopic (exact) mass is 442 g/mol. The fraction of sp³-hybridized carbons (Fsp3) is 0.840. The van der Waals surface area contributed by atoms with Crippen molar-refractivity contribution in [1.29, 1.82) is 0 Å². The average Bonchev–Trinajstić information content (AvgIpc) is 2.71. The second-order valence-electron chi connectivity index (χ2n) is 9.78. The Morgan fingerprint density at radius 3 is 2.32 bits per heavy atom. The van der Waals surface area contributed by atoms with Crippen LogP contribution in [-0.2, 0) is 9.47 Å². The number of aliphatic hydroxyl groups is 4. The molecule has 0 bridgehead atoms. The fourth-order valence-electron chi connectivity index (χ4n) is 4.49. The third kappa shape index (κ3) is 7.37. The highest BCUT2D eigenvalue weighted by Gasteiger charge is 2.51. The van der Waals surface area contributed by atoms with Gasteiger partial charge in [-0.05, 0) is 19.3 Å². The van der Waals surface area contributed by atoms with Crippen LogP contribution in [0.3, 0.4) is 0 Å². The number of aliphatic hydroxyl groups excluding tert-OH is 3. The van der Waals surface area contributed by atoms with Crippen LogP contribution in [0.1, 0.15) is 67.7 Å². The average molecular weight is 443 g/mol. The van der Waals surface area contributed by atoms with Crippen LogP contribution in [-0.4, -0.2) is 63.8 Å². The smallest absolute Gasteiger partial charge is 0.173 e. The molecule has 0 amide bonds. The van der Waals surface area contributed by atoms with Crippen molar-refractivity contribution in [1.82, 2.24) is 0 Å². The van der Waals surface area contributed by atoms with Crippen LogP contribution in [0.2, 0.25) is 0 Å². The summed E-state index contributed by atoms with van der Waals surface area (Å²) >= 11 is 0. The minimum atomic E-state index is -1.67. The van der Waals surface area contributed by atoms with Crippen molar-refractivity contribution in [3.63, 3.8) is 0 Å². The Kier molecular flexibility index (Phi) is 11.4. The molecule has 0 aromatic heterocycles. The first kappa shape index (κ1) is 28.3. The molecule has 0 spiro atoms. The maximum Gasteiger partial charge on any atom is 0.173 e. The van der Waals surface area contributed by atoms with Crippen LogP contribution in [0.25, 0.3) is 0 Å². The van der Waals surface area contributed by atoms with Crippen molar-refractivity contribution in [2.75, 3.05) is 7.11 Å². The summed E-state index contributed by atoms with van der Waals surface area (Å²) < 4.78 is 11.5. The predicted molar refractivity (Wildman–Crippen MR) is 123 cm³/mol. The molecule has 9 atom stereocenters. The molecule has 0 aromatic carbocycles. The minimum absolute atomic E-state index is 0.0214. The first-order valence-corrected chi connectivity index (χ1v) is 11.7. The Morgan fingerprint density at radius 2 is 1.81 bits per heavy atom. The lowest BCUT2D eigenvalue weighted by atomic mass is 9.76. The van der Waals surface area contributed by atoms with Gasteiger partial charge in [-0.15, -0.1) is 0 Å². The van der Waals surface area contributed by atoms with E-state index in [1.165, 1.54) is 12.7 Å². The van der Waals surface area contributed by atoms with E-state index < -0.39 is 42.0 Å². The van der Waals surface area contributed by atoms with Gasteiger partial charge in [-0.2, -0.15) is 0 Å². The molecule has 31 heavy (non-hydrogen) atoms. The van der Waals surface area contributed by atoms with Crippen LogP contribution in [0.15, 0.2) is 23.8 Å². The molecule has 0 radical (unpaired) electrons. The summed E-state index contributed by atoms with van der Waals surface area (Å²) in [6.45, 7) is 13.5. The summed E-state index contributed by atoms with van der Waals surface area (Å²) in [6, 6.07) is 0. The number of rotatable bonds is 11. The minimum Gasteiger partial charge on any atom is -0.393 e. The Morgan fingerprint density at radius 1 is 1.19 bits per heavy atom. The van der Waals surface area contributed by atoms with E-state index in [0.717, 1.165) is 12.8 Å². The third-order valence-electron chi connectivity index (χ3n) is 6.86. The fourth-order valence-corrected chi connectivity index (χ4v) is 4.49. The molecule has 182 valence electrons. The second-order valence-corrected chi connectivity index (χ2v) is 9.78. The Hall–Kier alpha value is -0.760. The molecule has 0 saturated carbocycles. The van der Waals surface area contributed by atoms with E-state index in [1.807, 2.05) is 32.9 Å². The molecular formula is C25H46O6. The van der Waals surface area contributed by atoms with Crippen molar-refractivity contribution in [3.8, 4) is 0 Å². The lowest BCUT2D eigenvalue weighted by Crippen LogP contribution is -2.59. The second kappa shape index (κ2) is 12.5. The van der Waals surface area contributed by atoms with Crippen LogP contribution in [0.5, 0.6) is 0 Å². The van der Waals surface area contributed by atoms with Crippen LogP contribution in [0, 0.1) is 23.7 Å². The van der Waals surface area contributed by atoms with Crippen molar-refractivity contribution < 1.29 is 29.9 Å². The number of ether oxygens (including phenoxy) is 2. The van der Waals surface area contributed by atoms with Gasteiger partial charge >= 0.3 is 0 Å². The highest BCUT2D eigenvalue weighted by Crippen LogP contribution is 2.41. The molecule has 1 aliphatic rings. The summed E-state index contributed by atoms with van der Waals surface area (Å²) in [7, 11) is 1.52. The quantitative estimate of drug-likeness (QED) is 0.366. The summed E-state index contributed by atoms with van der Waals surface area (Å²) in [6.07, 6.45) is 4.07. The Labute approximate surface area is 189 Å².